The van der Waals surface area contributed by atoms with Gasteiger partial charge in [-0.25, -0.2) is 4.79 Å². The Hall–Kier alpha value is -1.06. The fourth-order valence-electron chi connectivity index (χ4n) is 1.80. The van der Waals surface area contributed by atoms with Crippen LogP contribution in [0.1, 0.15) is 84.5 Å². The van der Waals surface area contributed by atoms with E-state index in [1.165, 1.54) is 25.7 Å². The number of unbranched alkanes of at least 4 members (excludes halogenated alkanes) is 7. The fraction of sp³-hybridized carbons (Fsp3) is 0.867. The summed E-state index contributed by atoms with van der Waals surface area (Å²) in [6.45, 7) is 4.26. The molecule has 19 heavy (non-hydrogen) atoms. The lowest BCUT2D eigenvalue weighted by atomic mass is 10.1. The smallest absolute Gasteiger partial charge is 0.332 e. The average molecular weight is 271 g/mol. The SMILES string of the molecule is CCCCCCCCC(=O)NOC(=O)CCCCC. The lowest BCUT2D eigenvalue weighted by Gasteiger charge is -2.05. The van der Waals surface area contributed by atoms with Gasteiger partial charge in [-0.1, -0.05) is 58.8 Å². The molecule has 4 heteroatoms. The molecule has 0 saturated heterocycles. The maximum atomic E-state index is 11.4. The molecule has 0 aliphatic rings. The lowest BCUT2D eigenvalue weighted by molar-refractivity contribution is -0.158. The van der Waals surface area contributed by atoms with Crippen molar-refractivity contribution in [2.45, 2.75) is 84.5 Å². The van der Waals surface area contributed by atoms with Crippen molar-refractivity contribution in [1.82, 2.24) is 5.48 Å². The van der Waals surface area contributed by atoms with Crippen LogP contribution in [0.4, 0.5) is 0 Å². The molecule has 0 fully saturated rings. The summed E-state index contributed by atoms with van der Waals surface area (Å²) in [7, 11) is 0. The van der Waals surface area contributed by atoms with E-state index in [-0.39, 0.29) is 11.9 Å². The first-order chi connectivity index (χ1) is 9.20. The van der Waals surface area contributed by atoms with Crippen LogP contribution in [0.5, 0.6) is 0 Å². The van der Waals surface area contributed by atoms with Crippen LogP contribution in [-0.4, -0.2) is 11.9 Å². The molecule has 0 rings (SSSR count). The van der Waals surface area contributed by atoms with Gasteiger partial charge in [0.15, 0.2) is 0 Å². The van der Waals surface area contributed by atoms with Crippen molar-refractivity contribution in [1.29, 1.82) is 0 Å². The third-order valence-corrected chi connectivity index (χ3v) is 3.02. The zero-order valence-corrected chi connectivity index (χ0v) is 12.5. The van der Waals surface area contributed by atoms with Gasteiger partial charge < -0.3 is 4.84 Å². The summed E-state index contributed by atoms with van der Waals surface area (Å²) in [5.41, 5.74) is 2.22. The summed E-state index contributed by atoms with van der Waals surface area (Å²) in [5, 5.41) is 0. The summed E-state index contributed by atoms with van der Waals surface area (Å²) in [5.74, 6) is -0.538. The normalized spacial score (nSPS) is 10.2. The molecule has 112 valence electrons. The first kappa shape index (κ1) is 17.9. The first-order valence-corrected chi connectivity index (χ1v) is 7.69. The second-order valence-electron chi connectivity index (χ2n) is 4.97. The summed E-state index contributed by atoms with van der Waals surface area (Å²) in [4.78, 5) is 27.3. The van der Waals surface area contributed by atoms with Crippen molar-refractivity contribution in [3.8, 4) is 0 Å². The van der Waals surface area contributed by atoms with Gasteiger partial charge in [-0.2, -0.15) is 5.48 Å². The van der Waals surface area contributed by atoms with Gasteiger partial charge in [-0.05, 0) is 12.8 Å². The Balaban J connectivity index is 3.36. The minimum absolute atomic E-state index is 0.195. The molecular formula is C15H29NO3. The van der Waals surface area contributed by atoms with Gasteiger partial charge in [-0.15, -0.1) is 0 Å². The third-order valence-electron chi connectivity index (χ3n) is 3.02. The van der Waals surface area contributed by atoms with Gasteiger partial charge in [-0.3, -0.25) is 4.79 Å². The third kappa shape index (κ3) is 13.2. The van der Waals surface area contributed by atoms with Crippen molar-refractivity contribution in [3.05, 3.63) is 0 Å². The predicted octanol–water partition coefficient (Wildman–Crippen LogP) is 3.89. The second-order valence-corrected chi connectivity index (χ2v) is 4.97. The Labute approximate surface area is 117 Å². The first-order valence-electron chi connectivity index (χ1n) is 7.69. The number of carbonyl (C=O) groups excluding carboxylic acids is 2. The molecule has 0 atom stereocenters. The Morgan fingerprint density at radius 1 is 0.789 bits per heavy atom. The van der Waals surface area contributed by atoms with Gasteiger partial charge in [0.05, 0.1) is 0 Å². The Kier molecular flexibility index (Phi) is 12.6. The van der Waals surface area contributed by atoms with E-state index in [1.54, 1.807) is 0 Å². The van der Waals surface area contributed by atoms with E-state index in [1.807, 2.05) is 0 Å². The zero-order chi connectivity index (χ0) is 14.3. The molecule has 0 heterocycles. The van der Waals surface area contributed by atoms with Gasteiger partial charge in [0.2, 0.25) is 0 Å². The molecule has 0 saturated carbocycles. The van der Waals surface area contributed by atoms with Crippen molar-refractivity contribution < 1.29 is 14.4 Å². The highest BCUT2D eigenvalue weighted by Crippen LogP contribution is 2.06. The van der Waals surface area contributed by atoms with Crippen LogP contribution in [0.2, 0.25) is 0 Å². The number of hydroxylamine groups is 1. The topological polar surface area (TPSA) is 55.4 Å². The molecule has 0 aromatic heterocycles. The molecule has 1 N–H and O–H groups in total. The Bertz CT molecular complexity index is 242. The van der Waals surface area contributed by atoms with E-state index in [9.17, 15) is 9.59 Å². The molecule has 0 aliphatic heterocycles. The number of amides is 1. The van der Waals surface area contributed by atoms with E-state index in [4.69, 9.17) is 4.84 Å². The van der Waals surface area contributed by atoms with E-state index in [0.717, 1.165) is 32.1 Å². The van der Waals surface area contributed by atoms with Gasteiger partial charge >= 0.3 is 5.97 Å². The quantitative estimate of drug-likeness (QED) is 0.458. The highest BCUT2D eigenvalue weighted by molar-refractivity contribution is 5.77. The van der Waals surface area contributed by atoms with Gasteiger partial charge in [0.1, 0.15) is 0 Å². The molecular weight excluding hydrogens is 242 g/mol. The zero-order valence-electron chi connectivity index (χ0n) is 12.5. The van der Waals surface area contributed by atoms with Crippen LogP contribution in [0.3, 0.4) is 0 Å². The molecule has 0 radical (unpaired) electrons. The number of hydrogen-bond donors (Lipinski definition) is 1. The Morgan fingerprint density at radius 2 is 1.32 bits per heavy atom. The maximum absolute atomic E-state index is 11.4. The molecule has 0 spiro atoms. The molecule has 0 aliphatic carbocycles. The monoisotopic (exact) mass is 271 g/mol. The van der Waals surface area contributed by atoms with Crippen LogP contribution in [0.15, 0.2) is 0 Å². The minimum atomic E-state index is -0.343. The van der Waals surface area contributed by atoms with Crippen LogP contribution >= 0.6 is 0 Å². The fourth-order valence-corrected chi connectivity index (χ4v) is 1.80. The average Bonchev–Trinajstić information content (AvgIpc) is 2.40. The van der Waals surface area contributed by atoms with Crippen molar-refractivity contribution in [2.75, 3.05) is 0 Å². The number of nitrogens with one attached hydrogen (secondary N) is 1. The largest absolute Gasteiger partial charge is 0.341 e. The van der Waals surface area contributed by atoms with Crippen LogP contribution in [0.25, 0.3) is 0 Å². The summed E-state index contributed by atoms with van der Waals surface area (Å²) in [6.07, 6.45) is 10.6. The molecule has 0 unspecified atom stereocenters. The molecule has 4 nitrogen and oxygen atoms in total. The molecule has 0 aromatic carbocycles. The molecule has 1 amide bonds. The summed E-state index contributed by atoms with van der Waals surface area (Å²) >= 11 is 0. The molecule has 0 aromatic rings. The van der Waals surface area contributed by atoms with E-state index in [2.05, 4.69) is 19.3 Å². The van der Waals surface area contributed by atoms with Crippen molar-refractivity contribution in [3.63, 3.8) is 0 Å². The van der Waals surface area contributed by atoms with E-state index >= 15 is 0 Å². The van der Waals surface area contributed by atoms with Crippen LogP contribution < -0.4 is 5.48 Å². The van der Waals surface area contributed by atoms with Gasteiger partial charge in [0, 0.05) is 12.8 Å². The Morgan fingerprint density at radius 3 is 2.00 bits per heavy atom. The summed E-state index contributed by atoms with van der Waals surface area (Å²) in [6, 6.07) is 0. The van der Waals surface area contributed by atoms with Gasteiger partial charge in [0.25, 0.3) is 5.91 Å². The summed E-state index contributed by atoms with van der Waals surface area (Å²) < 4.78 is 0. The highest BCUT2D eigenvalue weighted by atomic mass is 16.7. The van der Waals surface area contributed by atoms with Crippen LogP contribution in [-0.2, 0) is 14.4 Å². The van der Waals surface area contributed by atoms with Crippen LogP contribution in [0, 0.1) is 0 Å². The van der Waals surface area contributed by atoms with Crippen molar-refractivity contribution >= 4 is 11.9 Å². The number of hydrogen-bond acceptors (Lipinski definition) is 3. The van der Waals surface area contributed by atoms with E-state index < -0.39 is 0 Å². The predicted molar refractivity (Wildman–Crippen MR) is 76.4 cm³/mol. The standard InChI is InChI=1S/C15H29NO3/c1-3-5-7-8-9-11-12-14(17)16-19-15(18)13-10-6-4-2/h3-13H2,1-2H3,(H,16,17). The molecule has 0 bridgehead atoms. The second kappa shape index (κ2) is 13.4. The lowest BCUT2D eigenvalue weighted by Crippen LogP contribution is -2.26. The van der Waals surface area contributed by atoms with E-state index in [0.29, 0.717) is 12.8 Å². The number of carbonyl (C=O) groups is 2. The highest BCUT2D eigenvalue weighted by Gasteiger charge is 2.06. The maximum Gasteiger partial charge on any atom is 0.332 e. The van der Waals surface area contributed by atoms with Crippen molar-refractivity contribution in [2.24, 2.45) is 0 Å². The number of rotatable bonds is 11. The minimum Gasteiger partial charge on any atom is -0.341 e.